The fraction of sp³-hybridized carbons (Fsp3) is 0.364. The van der Waals surface area contributed by atoms with Gasteiger partial charge in [-0.05, 0) is 12.5 Å². The summed E-state index contributed by atoms with van der Waals surface area (Å²) in [5, 5.41) is 14.0. The predicted molar refractivity (Wildman–Crippen MR) is 58.8 cm³/mol. The van der Waals surface area contributed by atoms with Crippen molar-refractivity contribution in [2.45, 2.75) is 19.5 Å². The molecule has 0 aliphatic carbocycles. The third-order valence-electron chi connectivity index (χ3n) is 1.99. The van der Waals surface area contributed by atoms with Crippen LogP contribution in [0.25, 0.3) is 0 Å². The van der Waals surface area contributed by atoms with Gasteiger partial charge in [0.25, 0.3) is 0 Å². The molecule has 0 fully saturated rings. The van der Waals surface area contributed by atoms with Gasteiger partial charge in [-0.25, -0.2) is 4.79 Å². The lowest BCUT2D eigenvalue weighted by atomic mass is 10.2. The Labute approximate surface area is 89.3 Å². The van der Waals surface area contributed by atoms with Crippen molar-refractivity contribution in [3.05, 3.63) is 35.9 Å². The molecule has 4 heteroatoms. The Morgan fingerprint density at radius 1 is 1.40 bits per heavy atom. The van der Waals surface area contributed by atoms with Crippen LogP contribution in [0, 0.1) is 0 Å². The molecule has 1 rings (SSSR count). The number of nitrogens with one attached hydrogen (secondary N) is 2. The summed E-state index contributed by atoms with van der Waals surface area (Å²) in [6, 6.07) is 9.92. The van der Waals surface area contributed by atoms with E-state index >= 15 is 0 Å². The monoisotopic (exact) mass is 208 g/mol. The second kappa shape index (κ2) is 6.03. The van der Waals surface area contributed by atoms with E-state index in [1.807, 2.05) is 37.3 Å². The Bertz CT molecular complexity index is 301. The quantitative estimate of drug-likeness (QED) is 0.686. The smallest absolute Gasteiger partial charge is 0.404 e. The van der Waals surface area contributed by atoms with Crippen LogP contribution in [0.15, 0.2) is 30.3 Å². The molecule has 0 radical (unpaired) electrons. The molecule has 0 saturated heterocycles. The largest absolute Gasteiger partial charge is 0.465 e. The Hall–Kier alpha value is -1.55. The van der Waals surface area contributed by atoms with Crippen LogP contribution in [0.1, 0.15) is 12.5 Å². The molecule has 4 nitrogen and oxygen atoms in total. The van der Waals surface area contributed by atoms with Crippen molar-refractivity contribution in [3.8, 4) is 0 Å². The molecular formula is C11H16N2O2. The lowest BCUT2D eigenvalue weighted by Gasteiger charge is -2.12. The molecule has 0 heterocycles. The normalized spacial score (nSPS) is 12.1. The van der Waals surface area contributed by atoms with E-state index in [-0.39, 0.29) is 6.04 Å². The van der Waals surface area contributed by atoms with Crippen LogP contribution >= 0.6 is 0 Å². The molecule has 82 valence electrons. The molecule has 0 spiro atoms. The number of rotatable bonds is 5. The summed E-state index contributed by atoms with van der Waals surface area (Å²) in [5.74, 6) is 0. The highest BCUT2D eigenvalue weighted by Crippen LogP contribution is 1.96. The molecular weight excluding hydrogens is 192 g/mol. The lowest BCUT2D eigenvalue weighted by Crippen LogP contribution is -2.38. The maximum atomic E-state index is 10.3. The van der Waals surface area contributed by atoms with E-state index in [0.29, 0.717) is 6.54 Å². The van der Waals surface area contributed by atoms with Gasteiger partial charge in [-0.15, -0.1) is 0 Å². The summed E-state index contributed by atoms with van der Waals surface area (Å²) in [6.45, 7) is 3.21. The van der Waals surface area contributed by atoms with Gasteiger partial charge in [0.2, 0.25) is 0 Å². The SMILES string of the molecule is C[C@H](CNCc1ccccc1)NC(=O)O. The Morgan fingerprint density at radius 2 is 2.07 bits per heavy atom. The second-order valence-corrected chi connectivity index (χ2v) is 3.47. The van der Waals surface area contributed by atoms with Crippen LogP contribution in [-0.4, -0.2) is 23.8 Å². The van der Waals surface area contributed by atoms with Crippen LogP contribution in [0.3, 0.4) is 0 Å². The van der Waals surface area contributed by atoms with Gasteiger partial charge >= 0.3 is 6.09 Å². The molecule has 3 N–H and O–H groups in total. The highest BCUT2D eigenvalue weighted by molar-refractivity contribution is 5.64. The molecule has 1 atom stereocenters. The third-order valence-corrected chi connectivity index (χ3v) is 1.99. The molecule has 1 amide bonds. The summed E-state index contributed by atoms with van der Waals surface area (Å²) in [6.07, 6.45) is -0.982. The Balaban J connectivity index is 2.19. The number of amides is 1. The van der Waals surface area contributed by atoms with E-state index in [0.717, 1.165) is 6.54 Å². The van der Waals surface area contributed by atoms with Crippen molar-refractivity contribution in [3.63, 3.8) is 0 Å². The van der Waals surface area contributed by atoms with Gasteiger partial charge in [0.15, 0.2) is 0 Å². The number of hydrogen-bond acceptors (Lipinski definition) is 2. The highest BCUT2D eigenvalue weighted by Gasteiger charge is 2.03. The summed E-state index contributed by atoms with van der Waals surface area (Å²) in [7, 11) is 0. The standard InChI is InChI=1S/C11H16N2O2/c1-9(13-11(14)15)7-12-8-10-5-3-2-4-6-10/h2-6,9,12-13H,7-8H2,1H3,(H,14,15)/t9-/m1/s1. The summed E-state index contributed by atoms with van der Waals surface area (Å²) in [5.41, 5.74) is 1.19. The highest BCUT2D eigenvalue weighted by atomic mass is 16.4. The first-order valence-corrected chi connectivity index (χ1v) is 4.92. The molecule has 0 aliphatic rings. The van der Waals surface area contributed by atoms with Crippen molar-refractivity contribution in [1.29, 1.82) is 0 Å². The van der Waals surface area contributed by atoms with Crippen molar-refractivity contribution in [1.82, 2.24) is 10.6 Å². The molecule has 0 aliphatic heterocycles. The minimum Gasteiger partial charge on any atom is -0.465 e. The number of benzene rings is 1. The fourth-order valence-corrected chi connectivity index (χ4v) is 1.29. The van der Waals surface area contributed by atoms with Gasteiger partial charge in [-0.3, -0.25) is 0 Å². The van der Waals surface area contributed by atoms with E-state index in [9.17, 15) is 4.79 Å². The Kier molecular flexibility index (Phi) is 4.63. The number of carbonyl (C=O) groups is 1. The maximum Gasteiger partial charge on any atom is 0.404 e. The molecule has 0 aromatic heterocycles. The van der Waals surface area contributed by atoms with E-state index in [1.165, 1.54) is 5.56 Å². The van der Waals surface area contributed by atoms with Crippen LogP contribution < -0.4 is 10.6 Å². The number of hydrogen-bond donors (Lipinski definition) is 3. The molecule has 15 heavy (non-hydrogen) atoms. The Morgan fingerprint density at radius 3 is 2.67 bits per heavy atom. The van der Waals surface area contributed by atoms with E-state index in [1.54, 1.807) is 0 Å². The van der Waals surface area contributed by atoms with Gasteiger partial charge in [-0.2, -0.15) is 0 Å². The van der Waals surface area contributed by atoms with Gasteiger partial charge in [0, 0.05) is 19.1 Å². The summed E-state index contributed by atoms with van der Waals surface area (Å²) in [4.78, 5) is 10.3. The van der Waals surface area contributed by atoms with E-state index in [2.05, 4.69) is 10.6 Å². The first kappa shape index (κ1) is 11.5. The molecule has 0 unspecified atom stereocenters. The maximum absolute atomic E-state index is 10.3. The molecule has 1 aromatic rings. The van der Waals surface area contributed by atoms with Gasteiger partial charge < -0.3 is 15.7 Å². The van der Waals surface area contributed by atoms with Crippen LogP contribution in [-0.2, 0) is 6.54 Å². The van der Waals surface area contributed by atoms with E-state index < -0.39 is 6.09 Å². The topological polar surface area (TPSA) is 61.4 Å². The van der Waals surface area contributed by atoms with Gasteiger partial charge in [0.1, 0.15) is 0 Å². The molecule has 1 aromatic carbocycles. The first-order chi connectivity index (χ1) is 7.18. The summed E-state index contributed by atoms with van der Waals surface area (Å²) < 4.78 is 0. The van der Waals surface area contributed by atoms with Crippen LogP contribution in [0.5, 0.6) is 0 Å². The predicted octanol–water partition coefficient (Wildman–Crippen LogP) is 1.43. The first-order valence-electron chi connectivity index (χ1n) is 4.92. The van der Waals surface area contributed by atoms with Gasteiger partial charge in [0.05, 0.1) is 0 Å². The zero-order valence-corrected chi connectivity index (χ0v) is 8.73. The minimum absolute atomic E-state index is 0.0776. The minimum atomic E-state index is -0.982. The van der Waals surface area contributed by atoms with Crippen molar-refractivity contribution in [2.24, 2.45) is 0 Å². The van der Waals surface area contributed by atoms with E-state index in [4.69, 9.17) is 5.11 Å². The fourth-order valence-electron chi connectivity index (χ4n) is 1.29. The van der Waals surface area contributed by atoms with Crippen LogP contribution in [0.4, 0.5) is 4.79 Å². The average molecular weight is 208 g/mol. The average Bonchev–Trinajstić information content (AvgIpc) is 2.18. The van der Waals surface area contributed by atoms with Crippen LogP contribution in [0.2, 0.25) is 0 Å². The van der Waals surface area contributed by atoms with Crippen molar-refractivity contribution >= 4 is 6.09 Å². The van der Waals surface area contributed by atoms with Gasteiger partial charge in [-0.1, -0.05) is 30.3 Å². The van der Waals surface area contributed by atoms with Crippen molar-refractivity contribution < 1.29 is 9.90 Å². The van der Waals surface area contributed by atoms with Crippen molar-refractivity contribution in [2.75, 3.05) is 6.54 Å². The molecule has 0 bridgehead atoms. The zero-order valence-electron chi connectivity index (χ0n) is 8.73. The number of carboxylic acid groups (broad SMARTS) is 1. The lowest BCUT2D eigenvalue weighted by molar-refractivity contribution is 0.190. The summed E-state index contributed by atoms with van der Waals surface area (Å²) >= 11 is 0. The second-order valence-electron chi connectivity index (χ2n) is 3.47. The zero-order chi connectivity index (χ0) is 11.1. The third kappa shape index (κ3) is 5.02. The molecule has 0 saturated carbocycles.